The van der Waals surface area contributed by atoms with Gasteiger partial charge in [0.2, 0.25) is 0 Å². The summed E-state index contributed by atoms with van der Waals surface area (Å²) in [5.74, 6) is 1.03. The van der Waals surface area contributed by atoms with Crippen LogP contribution >= 0.6 is 0 Å². The van der Waals surface area contributed by atoms with E-state index in [1.165, 1.54) is 0 Å². The minimum atomic E-state index is 0.797. The van der Waals surface area contributed by atoms with E-state index < -0.39 is 0 Å². The summed E-state index contributed by atoms with van der Waals surface area (Å²) in [6, 6.07) is 4.02. The zero-order chi connectivity index (χ0) is 9.80. The van der Waals surface area contributed by atoms with Crippen molar-refractivity contribution in [3.63, 3.8) is 0 Å². The molecule has 0 spiro atoms. The van der Waals surface area contributed by atoms with Crippen LogP contribution in [0.25, 0.3) is 0 Å². The number of nitrogens with zero attached hydrogens (tertiary/aromatic N) is 2. The molecule has 0 amide bonds. The predicted octanol–water partition coefficient (Wildman–Crippen LogP) is 0.960. The first-order valence-electron chi connectivity index (χ1n) is 4.86. The Hall–Kier alpha value is -1.29. The molecule has 1 saturated heterocycles. The van der Waals surface area contributed by atoms with Crippen LogP contribution in [-0.4, -0.2) is 38.3 Å². The van der Waals surface area contributed by atoms with Gasteiger partial charge in [-0.2, -0.15) is 0 Å². The molecule has 4 nitrogen and oxygen atoms in total. The van der Waals surface area contributed by atoms with Gasteiger partial charge in [-0.1, -0.05) is 0 Å². The van der Waals surface area contributed by atoms with Gasteiger partial charge < -0.3 is 15.0 Å². The molecule has 1 aliphatic rings. The van der Waals surface area contributed by atoms with Gasteiger partial charge in [0.25, 0.3) is 0 Å². The van der Waals surface area contributed by atoms with Crippen LogP contribution in [0.1, 0.15) is 0 Å². The number of morpholine rings is 1. The van der Waals surface area contributed by atoms with Crippen LogP contribution in [0.4, 0.5) is 11.5 Å². The second-order valence-corrected chi connectivity index (χ2v) is 3.25. The summed E-state index contributed by atoms with van der Waals surface area (Å²) in [5, 5.41) is 3.11. The van der Waals surface area contributed by atoms with Crippen molar-refractivity contribution in [2.45, 2.75) is 0 Å². The topological polar surface area (TPSA) is 37.4 Å². The van der Waals surface area contributed by atoms with Gasteiger partial charge in [0.1, 0.15) is 5.82 Å². The molecule has 4 heteroatoms. The van der Waals surface area contributed by atoms with E-state index in [2.05, 4.69) is 21.3 Å². The van der Waals surface area contributed by atoms with E-state index in [1.54, 1.807) is 0 Å². The third-order valence-corrected chi connectivity index (χ3v) is 2.37. The Morgan fingerprint density at radius 3 is 2.93 bits per heavy atom. The fourth-order valence-electron chi connectivity index (χ4n) is 1.54. The van der Waals surface area contributed by atoms with Crippen LogP contribution in [0.5, 0.6) is 0 Å². The summed E-state index contributed by atoms with van der Waals surface area (Å²) < 4.78 is 5.29. The van der Waals surface area contributed by atoms with Crippen LogP contribution in [0, 0.1) is 0 Å². The van der Waals surface area contributed by atoms with Gasteiger partial charge >= 0.3 is 0 Å². The number of pyridine rings is 1. The minimum absolute atomic E-state index is 0.797. The molecule has 0 radical (unpaired) electrons. The molecule has 0 bridgehead atoms. The van der Waals surface area contributed by atoms with Crippen LogP contribution in [0.3, 0.4) is 0 Å². The van der Waals surface area contributed by atoms with Gasteiger partial charge in [-0.25, -0.2) is 4.98 Å². The van der Waals surface area contributed by atoms with Gasteiger partial charge in [0.05, 0.1) is 13.2 Å². The second kappa shape index (κ2) is 4.28. The largest absolute Gasteiger partial charge is 0.388 e. The van der Waals surface area contributed by atoms with E-state index >= 15 is 0 Å². The van der Waals surface area contributed by atoms with Crippen molar-refractivity contribution < 1.29 is 4.74 Å². The number of anilines is 2. The zero-order valence-electron chi connectivity index (χ0n) is 8.36. The Kier molecular flexibility index (Phi) is 2.84. The molecule has 0 atom stereocenters. The molecular weight excluding hydrogens is 178 g/mol. The van der Waals surface area contributed by atoms with Crippen molar-refractivity contribution in [1.82, 2.24) is 4.98 Å². The van der Waals surface area contributed by atoms with Crippen molar-refractivity contribution in [1.29, 1.82) is 0 Å². The number of hydrogen-bond donors (Lipinski definition) is 1. The molecule has 2 rings (SSSR count). The highest BCUT2D eigenvalue weighted by molar-refractivity contribution is 5.52. The van der Waals surface area contributed by atoms with Crippen molar-refractivity contribution in [2.75, 3.05) is 43.6 Å². The lowest BCUT2D eigenvalue weighted by atomic mass is 10.3. The molecule has 14 heavy (non-hydrogen) atoms. The van der Waals surface area contributed by atoms with Gasteiger partial charge in [-0.15, -0.1) is 0 Å². The lowest BCUT2D eigenvalue weighted by Crippen LogP contribution is -2.36. The molecule has 0 saturated carbocycles. The molecular formula is C10H15N3O. The van der Waals surface area contributed by atoms with Crippen LogP contribution in [0.15, 0.2) is 18.3 Å². The van der Waals surface area contributed by atoms with Crippen molar-refractivity contribution in [3.8, 4) is 0 Å². The first-order valence-corrected chi connectivity index (χ1v) is 4.86. The van der Waals surface area contributed by atoms with Gasteiger partial charge in [0.15, 0.2) is 0 Å². The molecule has 1 aromatic heterocycles. The Balaban J connectivity index is 2.13. The molecule has 1 aromatic rings. The molecule has 76 valence electrons. The van der Waals surface area contributed by atoms with E-state index in [9.17, 15) is 0 Å². The monoisotopic (exact) mass is 193 g/mol. The van der Waals surface area contributed by atoms with Gasteiger partial charge in [-0.05, 0) is 6.07 Å². The fraction of sp³-hybridized carbons (Fsp3) is 0.500. The minimum Gasteiger partial charge on any atom is -0.388 e. The molecule has 0 aliphatic carbocycles. The highest BCUT2D eigenvalue weighted by Crippen LogP contribution is 2.16. The number of aromatic nitrogens is 1. The molecule has 0 aromatic carbocycles. The van der Waals surface area contributed by atoms with Crippen molar-refractivity contribution in [3.05, 3.63) is 18.3 Å². The third-order valence-electron chi connectivity index (χ3n) is 2.37. The van der Waals surface area contributed by atoms with Crippen LogP contribution in [0.2, 0.25) is 0 Å². The van der Waals surface area contributed by atoms with E-state index in [0.717, 1.165) is 37.8 Å². The Labute approximate surface area is 83.9 Å². The van der Waals surface area contributed by atoms with Crippen molar-refractivity contribution in [2.24, 2.45) is 0 Å². The lowest BCUT2D eigenvalue weighted by Gasteiger charge is -2.27. The summed E-state index contributed by atoms with van der Waals surface area (Å²) in [6.45, 7) is 3.46. The standard InChI is InChI=1S/C10H15N3O/c1-11-9-2-3-12-10(8-9)13-4-6-14-7-5-13/h2-3,8H,4-7H2,1H3,(H,11,12). The average molecular weight is 193 g/mol. The Morgan fingerprint density at radius 1 is 1.43 bits per heavy atom. The lowest BCUT2D eigenvalue weighted by molar-refractivity contribution is 0.122. The molecule has 1 aliphatic heterocycles. The first-order chi connectivity index (χ1) is 6.90. The van der Waals surface area contributed by atoms with Crippen LogP contribution < -0.4 is 10.2 Å². The number of ether oxygens (including phenoxy) is 1. The molecule has 1 fully saturated rings. The average Bonchev–Trinajstić information content (AvgIpc) is 2.30. The fourth-order valence-corrected chi connectivity index (χ4v) is 1.54. The number of nitrogens with one attached hydrogen (secondary N) is 1. The van der Waals surface area contributed by atoms with E-state index in [0.29, 0.717) is 0 Å². The van der Waals surface area contributed by atoms with Crippen molar-refractivity contribution >= 4 is 11.5 Å². The zero-order valence-corrected chi connectivity index (χ0v) is 8.36. The van der Waals surface area contributed by atoms with E-state index in [4.69, 9.17) is 4.74 Å². The van der Waals surface area contributed by atoms with Gasteiger partial charge in [0, 0.05) is 38.1 Å². The molecule has 0 unspecified atom stereocenters. The SMILES string of the molecule is CNc1ccnc(N2CCOCC2)c1. The number of hydrogen-bond acceptors (Lipinski definition) is 4. The highest BCUT2D eigenvalue weighted by atomic mass is 16.5. The third kappa shape index (κ3) is 1.96. The first kappa shape index (κ1) is 9.27. The maximum atomic E-state index is 5.29. The maximum Gasteiger partial charge on any atom is 0.130 e. The quantitative estimate of drug-likeness (QED) is 0.759. The highest BCUT2D eigenvalue weighted by Gasteiger charge is 2.11. The summed E-state index contributed by atoms with van der Waals surface area (Å²) in [5.41, 5.74) is 1.10. The summed E-state index contributed by atoms with van der Waals surface area (Å²) >= 11 is 0. The normalized spacial score (nSPS) is 16.8. The Morgan fingerprint density at radius 2 is 2.21 bits per heavy atom. The summed E-state index contributed by atoms with van der Waals surface area (Å²) in [6.07, 6.45) is 1.83. The molecule has 1 N–H and O–H groups in total. The smallest absolute Gasteiger partial charge is 0.130 e. The van der Waals surface area contributed by atoms with Crippen LogP contribution in [-0.2, 0) is 4.74 Å². The maximum absolute atomic E-state index is 5.29. The Bertz CT molecular complexity index is 297. The van der Waals surface area contributed by atoms with E-state index in [-0.39, 0.29) is 0 Å². The predicted molar refractivity (Wildman–Crippen MR) is 56.8 cm³/mol. The summed E-state index contributed by atoms with van der Waals surface area (Å²) in [7, 11) is 1.92. The number of rotatable bonds is 2. The second-order valence-electron chi connectivity index (χ2n) is 3.25. The van der Waals surface area contributed by atoms with E-state index in [1.807, 2.05) is 19.3 Å². The molecule has 2 heterocycles. The summed E-state index contributed by atoms with van der Waals surface area (Å²) in [4.78, 5) is 6.58. The van der Waals surface area contributed by atoms with Gasteiger partial charge in [-0.3, -0.25) is 0 Å².